The third kappa shape index (κ3) is 4.49. The normalized spacial score (nSPS) is 13.0. The van der Waals surface area contributed by atoms with E-state index in [1.54, 1.807) is 26.5 Å². The van der Waals surface area contributed by atoms with Gasteiger partial charge >= 0.3 is 0 Å². The molecule has 4 rings (SSSR count). The van der Waals surface area contributed by atoms with E-state index in [1.807, 2.05) is 43.5 Å². The van der Waals surface area contributed by atoms with E-state index in [-0.39, 0.29) is 17.0 Å². The maximum Gasteiger partial charge on any atom is 0.263 e. The molecule has 0 saturated heterocycles. The molecule has 0 unspecified atom stereocenters. The standard InChI is InChI=1S/C24H27N5O3/c1-3-29-16-20(13-25-29)26-23(31)22-21-10-12-27(17(2)30)14-19(21)15-28(24(22)32)11-9-18-7-5-4-6-8-18/h4-8,13,15-16H,3,9-12,14H2,1-2H3,(H,26,31). The van der Waals surface area contributed by atoms with Crippen molar-refractivity contribution in [3.63, 3.8) is 0 Å². The predicted octanol–water partition coefficient (Wildman–Crippen LogP) is 2.46. The minimum Gasteiger partial charge on any atom is -0.338 e. The van der Waals surface area contributed by atoms with Crippen molar-refractivity contribution in [3.8, 4) is 0 Å². The Bertz CT molecular complexity index is 1200. The third-order valence-corrected chi connectivity index (χ3v) is 5.84. The van der Waals surface area contributed by atoms with Crippen molar-refractivity contribution in [2.45, 2.75) is 46.3 Å². The van der Waals surface area contributed by atoms with Gasteiger partial charge in [-0.15, -0.1) is 0 Å². The summed E-state index contributed by atoms with van der Waals surface area (Å²) in [5.74, 6) is -0.456. The van der Waals surface area contributed by atoms with E-state index in [4.69, 9.17) is 0 Å². The summed E-state index contributed by atoms with van der Waals surface area (Å²) in [7, 11) is 0. The Morgan fingerprint density at radius 1 is 1.16 bits per heavy atom. The first-order valence-electron chi connectivity index (χ1n) is 10.8. The molecule has 2 amide bonds. The van der Waals surface area contributed by atoms with Crippen molar-refractivity contribution in [1.29, 1.82) is 0 Å². The molecule has 3 heterocycles. The quantitative estimate of drug-likeness (QED) is 0.647. The van der Waals surface area contributed by atoms with Gasteiger partial charge in [0.05, 0.1) is 11.9 Å². The fourth-order valence-corrected chi connectivity index (χ4v) is 4.07. The number of anilines is 1. The minimum absolute atomic E-state index is 0.0179. The van der Waals surface area contributed by atoms with Gasteiger partial charge in [-0.3, -0.25) is 19.1 Å². The molecule has 8 nitrogen and oxygen atoms in total. The number of nitrogens with one attached hydrogen (secondary N) is 1. The van der Waals surface area contributed by atoms with Crippen molar-refractivity contribution >= 4 is 17.5 Å². The maximum atomic E-state index is 13.4. The number of aromatic nitrogens is 3. The zero-order valence-corrected chi connectivity index (χ0v) is 18.4. The molecule has 2 aromatic heterocycles. The van der Waals surface area contributed by atoms with Crippen LogP contribution in [0.1, 0.15) is 40.9 Å². The number of amides is 2. The second-order valence-electron chi connectivity index (χ2n) is 7.97. The monoisotopic (exact) mass is 433 g/mol. The fraction of sp³-hybridized carbons (Fsp3) is 0.333. The number of pyridine rings is 1. The highest BCUT2D eigenvalue weighted by Crippen LogP contribution is 2.22. The van der Waals surface area contributed by atoms with Crippen molar-refractivity contribution < 1.29 is 9.59 Å². The van der Waals surface area contributed by atoms with Crippen LogP contribution in [0.5, 0.6) is 0 Å². The SMILES string of the molecule is CCn1cc(NC(=O)c2c3c(cn(CCc4ccccc4)c2=O)CN(C(C)=O)CC3)cn1. The van der Waals surface area contributed by atoms with E-state index in [2.05, 4.69) is 10.4 Å². The Morgan fingerprint density at radius 3 is 2.62 bits per heavy atom. The number of nitrogens with zero attached hydrogens (tertiary/aromatic N) is 4. The highest BCUT2D eigenvalue weighted by molar-refractivity contribution is 6.05. The number of fused-ring (bicyclic) bond motifs is 1. The molecule has 8 heteroatoms. The molecule has 32 heavy (non-hydrogen) atoms. The number of hydrogen-bond acceptors (Lipinski definition) is 4. The third-order valence-electron chi connectivity index (χ3n) is 5.84. The van der Waals surface area contributed by atoms with Crippen LogP contribution in [0.25, 0.3) is 0 Å². The van der Waals surface area contributed by atoms with E-state index in [1.165, 1.54) is 6.92 Å². The second kappa shape index (κ2) is 9.21. The molecule has 0 atom stereocenters. The summed E-state index contributed by atoms with van der Waals surface area (Å²) in [5.41, 5.74) is 3.07. The van der Waals surface area contributed by atoms with Crippen molar-refractivity contribution in [2.75, 3.05) is 11.9 Å². The van der Waals surface area contributed by atoms with Crippen molar-refractivity contribution in [3.05, 3.63) is 81.5 Å². The van der Waals surface area contributed by atoms with E-state index in [9.17, 15) is 14.4 Å². The molecular weight excluding hydrogens is 406 g/mol. The first kappa shape index (κ1) is 21.5. The minimum atomic E-state index is -0.438. The lowest BCUT2D eigenvalue weighted by Crippen LogP contribution is -2.39. The number of rotatable bonds is 6. The van der Waals surface area contributed by atoms with E-state index < -0.39 is 5.91 Å². The van der Waals surface area contributed by atoms with Gasteiger partial charge in [0.2, 0.25) is 5.91 Å². The van der Waals surface area contributed by atoms with Crippen LogP contribution in [0, 0.1) is 0 Å². The number of aryl methyl sites for hydroxylation is 3. The second-order valence-corrected chi connectivity index (χ2v) is 7.97. The highest BCUT2D eigenvalue weighted by Gasteiger charge is 2.27. The number of benzene rings is 1. The molecule has 0 spiro atoms. The fourth-order valence-electron chi connectivity index (χ4n) is 4.07. The van der Waals surface area contributed by atoms with Gasteiger partial charge in [0.1, 0.15) is 5.56 Å². The van der Waals surface area contributed by atoms with Crippen molar-refractivity contribution in [2.24, 2.45) is 0 Å². The van der Waals surface area contributed by atoms with Crippen LogP contribution >= 0.6 is 0 Å². The molecule has 1 aliphatic rings. The Morgan fingerprint density at radius 2 is 1.94 bits per heavy atom. The van der Waals surface area contributed by atoms with E-state index in [0.717, 1.165) is 16.7 Å². The molecule has 1 aliphatic heterocycles. The summed E-state index contributed by atoms with van der Waals surface area (Å²) >= 11 is 0. The van der Waals surface area contributed by atoms with E-state index >= 15 is 0 Å². The molecule has 1 aromatic carbocycles. The zero-order valence-electron chi connectivity index (χ0n) is 18.4. The van der Waals surface area contributed by atoms with Gasteiger partial charge in [-0.05, 0) is 36.5 Å². The molecule has 0 aliphatic carbocycles. The van der Waals surface area contributed by atoms with Crippen LogP contribution < -0.4 is 10.9 Å². The molecule has 1 N–H and O–H groups in total. The molecule has 0 bridgehead atoms. The Balaban J connectivity index is 1.69. The molecule has 0 saturated carbocycles. The molecule has 3 aromatic rings. The molecular formula is C24H27N5O3. The van der Waals surface area contributed by atoms with Gasteiger partial charge in [-0.1, -0.05) is 30.3 Å². The van der Waals surface area contributed by atoms with Crippen LogP contribution in [0.2, 0.25) is 0 Å². The zero-order chi connectivity index (χ0) is 22.7. The van der Waals surface area contributed by atoms with Gasteiger partial charge in [0.15, 0.2) is 0 Å². The van der Waals surface area contributed by atoms with Crippen LogP contribution in [0.3, 0.4) is 0 Å². The lowest BCUT2D eigenvalue weighted by atomic mass is 9.95. The Kier molecular flexibility index (Phi) is 6.20. The van der Waals surface area contributed by atoms with Crippen LogP contribution in [0.15, 0.2) is 53.7 Å². The van der Waals surface area contributed by atoms with Crippen LogP contribution in [-0.4, -0.2) is 37.6 Å². The summed E-state index contributed by atoms with van der Waals surface area (Å²) in [6, 6.07) is 9.91. The summed E-state index contributed by atoms with van der Waals surface area (Å²) in [6.07, 6.45) is 6.25. The van der Waals surface area contributed by atoms with E-state index in [0.29, 0.717) is 44.7 Å². The number of carbonyl (C=O) groups is 2. The lowest BCUT2D eigenvalue weighted by Gasteiger charge is -2.29. The first-order valence-corrected chi connectivity index (χ1v) is 10.8. The van der Waals surface area contributed by atoms with Crippen molar-refractivity contribution in [1.82, 2.24) is 19.2 Å². The molecule has 0 radical (unpaired) electrons. The summed E-state index contributed by atoms with van der Waals surface area (Å²) in [5, 5.41) is 7.00. The van der Waals surface area contributed by atoms with Crippen LogP contribution in [0.4, 0.5) is 5.69 Å². The largest absolute Gasteiger partial charge is 0.338 e. The van der Waals surface area contributed by atoms with Gasteiger partial charge in [-0.25, -0.2) is 0 Å². The maximum absolute atomic E-state index is 13.4. The molecule has 0 fully saturated rings. The smallest absolute Gasteiger partial charge is 0.263 e. The lowest BCUT2D eigenvalue weighted by molar-refractivity contribution is -0.129. The number of hydrogen-bond donors (Lipinski definition) is 1. The predicted molar refractivity (Wildman–Crippen MR) is 121 cm³/mol. The summed E-state index contributed by atoms with van der Waals surface area (Å²) in [6.45, 7) is 5.51. The highest BCUT2D eigenvalue weighted by atomic mass is 16.2. The Hall–Kier alpha value is -3.68. The Labute approximate surface area is 186 Å². The molecule has 166 valence electrons. The van der Waals surface area contributed by atoms with Crippen LogP contribution in [-0.2, 0) is 37.3 Å². The topological polar surface area (TPSA) is 89.2 Å². The van der Waals surface area contributed by atoms with Gasteiger partial charge in [0.25, 0.3) is 11.5 Å². The number of carbonyl (C=O) groups excluding carboxylic acids is 2. The van der Waals surface area contributed by atoms with Gasteiger partial charge < -0.3 is 14.8 Å². The summed E-state index contributed by atoms with van der Waals surface area (Å²) < 4.78 is 3.30. The average Bonchev–Trinajstić information content (AvgIpc) is 3.25. The first-order chi connectivity index (χ1) is 15.5. The summed E-state index contributed by atoms with van der Waals surface area (Å²) in [4.78, 5) is 40.2. The van der Waals surface area contributed by atoms with Gasteiger partial charge in [-0.2, -0.15) is 5.10 Å². The van der Waals surface area contributed by atoms with Gasteiger partial charge in [0, 0.05) is 45.5 Å². The average molecular weight is 434 g/mol.